The van der Waals surface area contributed by atoms with Crippen molar-refractivity contribution in [3.8, 4) is 0 Å². The maximum Gasteiger partial charge on any atom is 0.272 e. The maximum atomic E-state index is 10.9. The molecule has 8 heteroatoms. The molecule has 132 valence electrons. The van der Waals surface area contributed by atoms with Crippen molar-refractivity contribution in [3.05, 3.63) is 32.3 Å². The van der Waals surface area contributed by atoms with E-state index in [0.29, 0.717) is 22.3 Å². The summed E-state index contributed by atoms with van der Waals surface area (Å²) in [5.74, 6) is 0. The average molecular weight is 375 g/mol. The van der Waals surface area contributed by atoms with E-state index in [4.69, 9.17) is 32.7 Å². The van der Waals surface area contributed by atoms with Crippen LogP contribution in [0.4, 0.5) is 11.4 Å². The summed E-state index contributed by atoms with van der Waals surface area (Å²) in [4.78, 5) is 12.4. The Morgan fingerprint density at radius 2 is 1.92 bits per heavy atom. The monoisotopic (exact) mass is 374 g/mol. The van der Waals surface area contributed by atoms with Gasteiger partial charge in [0.15, 0.2) is 0 Å². The van der Waals surface area contributed by atoms with Crippen molar-refractivity contribution in [2.24, 2.45) is 0 Å². The van der Waals surface area contributed by atoms with Crippen LogP contribution < -0.4 is 4.90 Å². The molecule has 2 aliphatic heterocycles. The molecule has 1 aromatic rings. The van der Waals surface area contributed by atoms with E-state index in [1.54, 1.807) is 0 Å². The van der Waals surface area contributed by atoms with Gasteiger partial charge in [0.2, 0.25) is 0 Å². The number of nitrogens with zero attached hydrogens (tertiary/aromatic N) is 2. The number of anilines is 1. The number of non-ortho nitro benzene ring substituents is 1. The molecular weight excluding hydrogens is 355 g/mol. The van der Waals surface area contributed by atoms with E-state index in [1.165, 1.54) is 12.1 Å². The van der Waals surface area contributed by atoms with E-state index in [1.807, 2.05) is 0 Å². The lowest BCUT2D eigenvalue weighted by Crippen LogP contribution is -2.38. The Balaban J connectivity index is 1.57. The third-order valence-electron chi connectivity index (χ3n) is 4.51. The van der Waals surface area contributed by atoms with Crippen molar-refractivity contribution >= 4 is 34.6 Å². The van der Waals surface area contributed by atoms with Crippen LogP contribution in [0, 0.1) is 10.1 Å². The summed E-state index contributed by atoms with van der Waals surface area (Å²) in [7, 11) is 0. The van der Waals surface area contributed by atoms with Gasteiger partial charge in [-0.3, -0.25) is 10.1 Å². The van der Waals surface area contributed by atoms with Gasteiger partial charge in [0.25, 0.3) is 5.69 Å². The number of hydrogen-bond donors (Lipinski definition) is 0. The predicted octanol–water partition coefficient (Wildman–Crippen LogP) is 4.07. The van der Waals surface area contributed by atoms with Crippen LogP contribution in [-0.2, 0) is 9.47 Å². The number of nitro groups is 1. The largest absolute Gasteiger partial charge is 0.376 e. The molecule has 0 saturated carbocycles. The smallest absolute Gasteiger partial charge is 0.272 e. The zero-order chi connectivity index (χ0) is 17.1. The van der Waals surface area contributed by atoms with Gasteiger partial charge in [-0.15, -0.1) is 0 Å². The molecule has 0 N–H and O–H groups in total. The van der Waals surface area contributed by atoms with Gasteiger partial charge < -0.3 is 14.4 Å². The predicted molar refractivity (Wildman–Crippen MR) is 93.3 cm³/mol. The van der Waals surface area contributed by atoms with Gasteiger partial charge >= 0.3 is 0 Å². The van der Waals surface area contributed by atoms with Crippen LogP contribution in [0.15, 0.2) is 12.1 Å². The SMILES string of the molecule is O=[N+]([O-])c1cc(Cl)c(N2CCC(OCC3CCCO3)CC2)c(Cl)c1. The van der Waals surface area contributed by atoms with Gasteiger partial charge in [-0.25, -0.2) is 0 Å². The Labute approximate surface area is 150 Å². The number of ether oxygens (including phenoxy) is 2. The molecule has 2 aliphatic rings. The molecule has 1 atom stereocenters. The Hall–Kier alpha value is -1.08. The van der Waals surface area contributed by atoms with Crippen molar-refractivity contribution < 1.29 is 14.4 Å². The molecule has 2 fully saturated rings. The van der Waals surface area contributed by atoms with Crippen molar-refractivity contribution in [1.82, 2.24) is 0 Å². The van der Waals surface area contributed by atoms with E-state index < -0.39 is 4.92 Å². The number of benzene rings is 1. The summed E-state index contributed by atoms with van der Waals surface area (Å²) >= 11 is 12.4. The van der Waals surface area contributed by atoms with Gasteiger partial charge in [-0.2, -0.15) is 0 Å². The molecule has 0 amide bonds. The zero-order valence-electron chi connectivity index (χ0n) is 13.2. The third-order valence-corrected chi connectivity index (χ3v) is 5.09. The molecule has 1 unspecified atom stereocenters. The Kier molecular flexibility index (Phi) is 5.81. The fourth-order valence-electron chi connectivity index (χ4n) is 3.22. The Morgan fingerprint density at radius 3 is 2.46 bits per heavy atom. The molecule has 3 rings (SSSR count). The van der Waals surface area contributed by atoms with Crippen LogP contribution in [0.2, 0.25) is 10.0 Å². The second-order valence-electron chi connectivity index (χ2n) is 6.17. The fraction of sp³-hybridized carbons (Fsp3) is 0.625. The van der Waals surface area contributed by atoms with Gasteiger partial charge in [0.05, 0.1) is 39.5 Å². The molecule has 0 radical (unpaired) electrons. The maximum absolute atomic E-state index is 10.9. The molecule has 1 aromatic carbocycles. The summed E-state index contributed by atoms with van der Waals surface area (Å²) in [6.45, 7) is 3.01. The quantitative estimate of drug-likeness (QED) is 0.574. The minimum Gasteiger partial charge on any atom is -0.376 e. The number of rotatable bonds is 5. The normalized spacial score (nSPS) is 22.1. The van der Waals surface area contributed by atoms with E-state index in [0.717, 1.165) is 45.4 Å². The van der Waals surface area contributed by atoms with Crippen LogP contribution in [0.1, 0.15) is 25.7 Å². The first-order chi connectivity index (χ1) is 11.5. The molecule has 2 heterocycles. The standard InChI is InChI=1S/C16H20Cl2N2O4/c17-14-8-11(20(21)22)9-15(18)16(14)19-5-3-12(4-6-19)24-10-13-2-1-7-23-13/h8-9,12-13H,1-7,10H2. The van der Waals surface area contributed by atoms with Crippen LogP contribution in [0.25, 0.3) is 0 Å². The van der Waals surface area contributed by atoms with Gasteiger partial charge in [0.1, 0.15) is 0 Å². The van der Waals surface area contributed by atoms with Crippen molar-refractivity contribution in [2.45, 2.75) is 37.9 Å². The minimum absolute atomic E-state index is 0.0940. The topological polar surface area (TPSA) is 64.8 Å². The molecule has 0 bridgehead atoms. The highest BCUT2D eigenvalue weighted by molar-refractivity contribution is 6.39. The lowest BCUT2D eigenvalue weighted by molar-refractivity contribution is -0.384. The minimum atomic E-state index is -0.493. The molecule has 0 aliphatic carbocycles. The van der Waals surface area contributed by atoms with E-state index in [9.17, 15) is 10.1 Å². The molecule has 2 saturated heterocycles. The van der Waals surface area contributed by atoms with E-state index in [2.05, 4.69) is 4.90 Å². The van der Waals surface area contributed by atoms with E-state index >= 15 is 0 Å². The molecular formula is C16H20Cl2N2O4. The highest BCUT2D eigenvalue weighted by atomic mass is 35.5. The second kappa shape index (κ2) is 7.87. The van der Waals surface area contributed by atoms with Gasteiger partial charge in [0, 0.05) is 31.8 Å². The van der Waals surface area contributed by atoms with Crippen LogP contribution >= 0.6 is 23.2 Å². The fourth-order valence-corrected chi connectivity index (χ4v) is 3.94. The van der Waals surface area contributed by atoms with Gasteiger partial charge in [-0.1, -0.05) is 23.2 Å². The molecule has 6 nitrogen and oxygen atoms in total. The molecule has 0 spiro atoms. The first kappa shape index (κ1) is 17.7. The van der Waals surface area contributed by atoms with Crippen LogP contribution in [-0.4, -0.2) is 43.4 Å². The van der Waals surface area contributed by atoms with Crippen molar-refractivity contribution in [2.75, 3.05) is 31.2 Å². The van der Waals surface area contributed by atoms with Crippen molar-refractivity contribution in [1.29, 1.82) is 0 Å². The van der Waals surface area contributed by atoms with Gasteiger partial charge in [-0.05, 0) is 25.7 Å². The third kappa shape index (κ3) is 4.11. The number of nitro benzene ring substituents is 1. The number of halogens is 2. The summed E-state index contributed by atoms with van der Waals surface area (Å²) in [6.07, 6.45) is 4.38. The second-order valence-corrected chi connectivity index (χ2v) is 6.98. The van der Waals surface area contributed by atoms with Crippen LogP contribution in [0.3, 0.4) is 0 Å². The summed E-state index contributed by atoms with van der Waals surface area (Å²) in [6, 6.07) is 2.70. The molecule has 24 heavy (non-hydrogen) atoms. The first-order valence-corrected chi connectivity index (χ1v) is 8.92. The lowest BCUT2D eigenvalue weighted by atomic mass is 10.1. The highest BCUT2D eigenvalue weighted by Crippen LogP contribution is 2.38. The average Bonchev–Trinajstić information content (AvgIpc) is 3.07. The Bertz CT molecular complexity index is 577. The summed E-state index contributed by atoms with van der Waals surface area (Å²) < 4.78 is 11.5. The summed E-state index contributed by atoms with van der Waals surface area (Å²) in [5.41, 5.74) is 0.574. The molecule has 0 aromatic heterocycles. The highest BCUT2D eigenvalue weighted by Gasteiger charge is 2.26. The first-order valence-electron chi connectivity index (χ1n) is 8.16. The Morgan fingerprint density at radius 1 is 1.25 bits per heavy atom. The number of hydrogen-bond acceptors (Lipinski definition) is 5. The summed E-state index contributed by atoms with van der Waals surface area (Å²) in [5, 5.41) is 11.5. The lowest BCUT2D eigenvalue weighted by Gasteiger charge is -2.34. The zero-order valence-corrected chi connectivity index (χ0v) is 14.8. The van der Waals surface area contributed by atoms with E-state index in [-0.39, 0.29) is 17.9 Å². The van der Waals surface area contributed by atoms with Crippen molar-refractivity contribution in [3.63, 3.8) is 0 Å². The number of piperidine rings is 1. The van der Waals surface area contributed by atoms with Crippen LogP contribution in [0.5, 0.6) is 0 Å².